The van der Waals surface area contributed by atoms with Crippen LogP contribution in [0.25, 0.3) is 21.9 Å². The molecule has 1 heterocycles. The van der Waals surface area contributed by atoms with E-state index in [4.69, 9.17) is 13.9 Å². The predicted molar refractivity (Wildman–Crippen MR) is 84.9 cm³/mol. The van der Waals surface area contributed by atoms with Crippen molar-refractivity contribution < 1.29 is 23.5 Å². The molecule has 5 heteroatoms. The first kappa shape index (κ1) is 15.1. The molecule has 0 spiro atoms. The minimum atomic E-state index is -0.972. The molecule has 3 rings (SSSR count). The molecule has 0 unspecified atom stereocenters. The summed E-state index contributed by atoms with van der Waals surface area (Å²) in [5.41, 5.74) is 2.41. The molecule has 2 aromatic carbocycles. The highest BCUT2D eigenvalue weighted by Gasteiger charge is 2.29. The highest BCUT2D eigenvalue weighted by Crippen LogP contribution is 2.29. The zero-order chi connectivity index (χ0) is 16.4. The van der Waals surface area contributed by atoms with E-state index >= 15 is 0 Å². The maximum Gasteiger partial charge on any atom is 0.320 e. The van der Waals surface area contributed by atoms with Gasteiger partial charge < -0.3 is 13.9 Å². The van der Waals surface area contributed by atoms with Crippen molar-refractivity contribution >= 4 is 33.9 Å². The van der Waals surface area contributed by atoms with Crippen molar-refractivity contribution in [3.8, 4) is 0 Å². The van der Waals surface area contributed by atoms with Crippen molar-refractivity contribution in [1.29, 1.82) is 0 Å². The Morgan fingerprint density at radius 1 is 0.957 bits per heavy atom. The lowest BCUT2D eigenvalue weighted by Crippen LogP contribution is -2.28. The molecule has 0 aliphatic heterocycles. The fourth-order valence-electron chi connectivity index (χ4n) is 2.68. The van der Waals surface area contributed by atoms with Crippen LogP contribution < -0.4 is 0 Å². The molecule has 5 nitrogen and oxygen atoms in total. The number of esters is 2. The summed E-state index contributed by atoms with van der Waals surface area (Å²) < 4.78 is 15.2. The fourth-order valence-corrected chi connectivity index (χ4v) is 2.68. The van der Waals surface area contributed by atoms with Crippen molar-refractivity contribution in [3.05, 3.63) is 48.0 Å². The lowest BCUT2D eigenvalue weighted by molar-refractivity contribution is -0.158. The van der Waals surface area contributed by atoms with Gasteiger partial charge in [-0.25, -0.2) is 0 Å². The Labute approximate surface area is 132 Å². The van der Waals surface area contributed by atoms with Gasteiger partial charge in [-0.2, -0.15) is 0 Å². The third-order valence-corrected chi connectivity index (χ3v) is 3.85. The Kier molecular flexibility index (Phi) is 4.02. The number of rotatable bonds is 4. The number of furan rings is 1. The molecule has 23 heavy (non-hydrogen) atoms. The van der Waals surface area contributed by atoms with E-state index in [2.05, 4.69) is 0 Å². The molecule has 0 aliphatic rings. The normalized spacial score (nSPS) is 11.1. The maximum atomic E-state index is 11.8. The van der Waals surface area contributed by atoms with Crippen LogP contribution in [-0.2, 0) is 25.5 Å². The smallest absolute Gasteiger partial charge is 0.320 e. The minimum absolute atomic E-state index is 0.217. The standard InChI is InChI=1S/C18H16O5/c1-21-17(19)14(18(20)22-2)10-11-7-8-16-13(9-11)12-5-3-4-6-15(12)23-16/h3-9,14H,10H2,1-2H3. The van der Waals surface area contributed by atoms with Gasteiger partial charge in [0.05, 0.1) is 14.2 Å². The number of hydrogen-bond acceptors (Lipinski definition) is 5. The Morgan fingerprint density at radius 3 is 2.30 bits per heavy atom. The fraction of sp³-hybridized carbons (Fsp3) is 0.222. The van der Waals surface area contributed by atoms with Crippen molar-refractivity contribution in [2.75, 3.05) is 14.2 Å². The number of para-hydroxylation sites is 1. The van der Waals surface area contributed by atoms with E-state index in [1.165, 1.54) is 14.2 Å². The van der Waals surface area contributed by atoms with Crippen molar-refractivity contribution in [3.63, 3.8) is 0 Å². The summed E-state index contributed by atoms with van der Waals surface area (Å²) in [7, 11) is 2.51. The highest BCUT2D eigenvalue weighted by molar-refractivity contribution is 6.05. The second kappa shape index (κ2) is 6.12. The van der Waals surface area contributed by atoms with E-state index < -0.39 is 17.9 Å². The zero-order valence-electron chi connectivity index (χ0n) is 12.9. The molecular weight excluding hydrogens is 296 g/mol. The monoisotopic (exact) mass is 312 g/mol. The van der Waals surface area contributed by atoms with E-state index in [0.717, 1.165) is 27.5 Å². The number of fused-ring (bicyclic) bond motifs is 3. The van der Waals surface area contributed by atoms with Gasteiger partial charge in [-0.3, -0.25) is 9.59 Å². The van der Waals surface area contributed by atoms with Crippen LogP contribution in [0.2, 0.25) is 0 Å². The van der Waals surface area contributed by atoms with Gasteiger partial charge in [0.25, 0.3) is 0 Å². The summed E-state index contributed by atoms with van der Waals surface area (Å²) in [6.07, 6.45) is 0.217. The number of carbonyl (C=O) groups is 2. The van der Waals surface area contributed by atoms with Crippen molar-refractivity contribution in [2.45, 2.75) is 6.42 Å². The molecule has 118 valence electrons. The van der Waals surface area contributed by atoms with Gasteiger partial charge in [-0.1, -0.05) is 24.3 Å². The summed E-state index contributed by atoms with van der Waals surface area (Å²) in [5, 5.41) is 1.95. The zero-order valence-corrected chi connectivity index (χ0v) is 12.9. The van der Waals surface area contributed by atoms with Gasteiger partial charge in [-0.15, -0.1) is 0 Å². The van der Waals surface area contributed by atoms with Crippen LogP contribution in [0.5, 0.6) is 0 Å². The quantitative estimate of drug-likeness (QED) is 0.547. The third-order valence-electron chi connectivity index (χ3n) is 3.85. The average molecular weight is 312 g/mol. The lowest BCUT2D eigenvalue weighted by Gasteiger charge is -2.12. The summed E-state index contributed by atoms with van der Waals surface area (Å²) in [6.45, 7) is 0. The van der Waals surface area contributed by atoms with Crippen LogP contribution in [-0.4, -0.2) is 26.2 Å². The highest BCUT2D eigenvalue weighted by atomic mass is 16.5. The molecule has 0 N–H and O–H groups in total. The molecule has 1 aromatic heterocycles. The van der Waals surface area contributed by atoms with E-state index in [0.29, 0.717) is 0 Å². The molecule has 0 saturated heterocycles. The summed E-state index contributed by atoms with van der Waals surface area (Å²) >= 11 is 0. The SMILES string of the molecule is COC(=O)C(Cc1ccc2oc3ccccc3c2c1)C(=O)OC. The van der Waals surface area contributed by atoms with Crippen LogP contribution in [0.1, 0.15) is 5.56 Å². The number of ether oxygens (including phenoxy) is 2. The van der Waals surface area contributed by atoms with Gasteiger partial charge in [0, 0.05) is 10.8 Å². The molecule has 0 fully saturated rings. The summed E-state index contributed by atoms with van der Waals surface area (Å²) in [4.78, 5) is 23.6. The summed E-state index contributed by atoms with van der Waals surface area (Å²) in [6, 6.07) is 13.3. The second-order valence-corrected chi connectivity index (χ2v) is 5.23. The molecular formula is C18H16O5. The van der Waals surface area contributed by atoms with E-state index in [9.17, 15) is 9.59 Å². The van der Waals surface area contributed by atoms with Gasteiger partial charge in [-0.05, 0) is 30.2 Å². The first-order valence-corrected chi connectivity index (χ1v) is 7.20. The molecule has 0 amide bonds. The minimum Gasteiger partial charge on any atom is -0.468 e. The number of carbonyl (C=O) groups excluding carboxylic acids is 2. The molecule has 0 atom stereocenters. The second-order valence-electron chi connectivity index (χ2n) is 5.23. The van der Waals surface area contributed by atoms with Gasteiger partial charge in [0.1, 0.15) is 11.2 Å². The predicted octanol–water partition coefficient (Wildman–Crippen LogP) is 3.09. The van der Waals surface area contributed by atoms with E-state index in [1.807, 2.05) is 42.5 Å². The number of hydrogen-bond donors (Lipinski definition) is 0. The first-order chi connectivity index (χ1) is 11.1. The van der Waals surface area contributed by atoms with Crippen LogP contribution in [0.3, 0.4) is 0 Å². The Bertz CT molecular complexity index is 861. The largest absolute Gasteiger partial charge is 0.468 e. The number of methoxy groups -OCH3 is 2. The maximum absolute atomic E-state index is 11.8. The van der Waals surface area contributed by atoms with Gasteiger partial charge >= 0.3 is 11.9 Å². The molecule has 0 aliphatic carbocycles. The van der Waals surface area contributed by atoms with Gasteiger partial charge in [0.2, 0.25) is 0 Å². The molecule has 0 saturated carbocycles. The van der Waals surface area contributed by atoms with E-state index in [1.54, 1.807) is 0 Å². The van der Waals surface area contributed by atoms with Crippen LogP contribution >= 0.6 is 0 Å². The topological polar surface area (TPSA) is 65.7 Å². The van der Waals surface area contributed by atoms with Crippen molar-refractivity contribution in [2.24, 2.45) is 5.92 Å². The van der Waals surface area contributed by atoms with Gasteiger partial charge in [0.15, 0.2) is 5.92 Å². The average Bonchev–Trinajstić information content (AvgIpc) is 2.96. The molecule has 3 aromatic rings. The Balaban J connectivity index is 2.00. The van der Waals surface area contributed by atoms with Crippen molar-refractivity contribution in [1.82, 2.24) is 0 Å². The Hall–Kier alpha value is -2.82. The number of benzene rings is 2. The molecule has 0 radical (unpaired) electrons. The van der Waals surface area contributed by atoms with E-state index in [-0.39, 0.29) is 6.42 Å². The Morgan fingerprint density at radius 2 is 1.61 bits per heavy atom. The van der Waals surface area contributed by atoms with Crippen LogP contribution in [0, 0.1) is 5.92 Å². The third kappa shape index (κ3) is 2.77. The van der Waals surface area contributed by atoms with Crippen LogP contribution in [0.15, 0.2) is 46.9 Å². The van der Waals surface area contributed by atoms with Crippen LogP contribution in [0.4, 0.5) is 0 Å². The molecule has 0 bridgehead atoms. The first-order valence-electron chi connectivity index (χ1n) is 7.20. The lowest BCUT2D eigenvalue weighted by atomic mass is 9.98. The summed E-state index contributed by atoms with van der Waals surface area (Å²) in [5.74, 6) is -2.18.